The van der Waals surface area contributed by atoms with Crippen molar-refractivity contribution in [1.82, 2.24) is 5.32 Å². The molecule has 3 saturated carbocycles. The van der Waals surface area contributed by atoms with E-state index in [1.54, 1.807) is 6.08 Å². The molecule has 0 aromatic heterocycles. The molecule has 5 heteroatoms. The number of aliphatic hydroxyl groups is 2. The summed E-state index contributed by atoms with van der Waals surface area (Å²) in [7, 11) is 0. The Kier molecular flexibility index (Phi) is 5.62. The molecule has 0 radical (unpaired) electrons. The molecule has 6 atom stereocenters. The number of ketones is 1. The lowest BCUT2D eigenvalue weighted by Gasteiger charge is -2.70. The van der Waals surface area contributed by atoms with Crippen LogP contribution in [0.25, 0.3) is 0 Å². The number of amides is 1. The van der Waals surface area contributed by atoms with Crippen LogP contribution in [-0.2, 0) is 9.59 Å². The summed E-state index contributed by atoms with van der Waals surface area (Å²) in [6.45, 7) is 13.9. The summed E-state index contributed by atoms with van der Waals surface area (Å²) in [5.74, 6) is 0.0684. The quantitative estimate of drug-likeness (QED) is 0.469. The van der Waals surface area contributed by atoms with E-state index in [4.69, 9.17) is 0 Å². The van der Waals surface area contributed by atoms with Gasteiger partial charge in [-0.2, -0.15) is 0 Å². The Bertz CT molecular complexity index is 1160. The zero-order valence-electron chi connectivity index (χ0n) is 22.9. The maximum Gasteiger partial charge on any atom is 0.226 e. The average Bonchev–Trinajstić information content (AvgIpc) is 2.84. The number of hydrogen-bond acceptors (Lipinski definition) is 4. The second kappa shape index (κ2) is 7.93. The van der Waals surface area contributed by atoms with E-state index < -0.39 is 5.41 Å². The molecule has 1 amide bonds. The van der Waals surface area contributed by atoms with E-state index in [1.807, 2.05) is 6.92 Å². The third kappa shape index (κ3) is 3.17. The molecule has 196 valence electrons. The van der Waals surface area contributed by atoms with E-state index >= 15 is 0 Å². The van der Waals surface area contributed by atoms with Gasteiger partial charge in [0.05, 0.1) is 6.61 Å². The molecule has 5 nitrogen and oxygen atoms in total. The summed E-state index contributed by atoms with van der Waals surface area (Å²) in [6.07, 6.45) is 13.2. The van der Waals surface area contributed by atoms with Gasteiger partial charge in [0, 0.05) is 22.9 Å². The molecule has 36 heavy (non-hydrogen) atoms. The number of rotatable bonds is 3. The van der Waals surface area contributed by atoms with E-state index in [9.17, 15) is 19.8 Å². The summed E-state index contributed by atoms with van der Waals surface area (Å²) in [5.41, 5.74) is 3.69. The first kappa shape index (κ1) is 25.5. The molecular weight excluding hydrogens is 450 g/mol. The van der Waals surface area contributed by atoms with Crippen LogP contribution >= 0.6 is 0 Å². The van der Waals surface area contributed by atoms with Crippen LogP contribution in [0.3, 0.4) is 0 Å². The van der Waals surface area contributed by atoms with Gasteiger partial charge in [-0.25, -0.2) is 0 Å². The third-order valence-electron chi connectivity index (χ3n) is 11.8. The maximum atomic E-state index is 13.2. The van der Waals surface area contributed by atoms with E-state index in [0.717, 1.165) is 56.1 Å². The zero-order valence-corrected chi connectivity index (χ0v) is 22.9. The molecular formula is C31H43NO4. The normalized spacial score (nSPS) is 43.8. The number of nitrogens with one attached hydrogen (secondary N) is 1. The number of hydrogen-bond donors (Lipinski definition) is 3. The van der Waals surface area contributed by atoms with Crippen LogP contribution in [0.1, 0.15) is 86.5 Å². The molecule has 0 spiro atoms. The highest BCUT2D eigenvalue weighted by Crippen LogP contribution is 2.75. The molecule has 0 aliphatic heterocycles. The highest BCUT2D eigenvalue weighted by molar-refractivity contribution is 6.06. The number of aliphatic hydroxyl groups excluding tert-OH is 2. The van der Waals surface area contributed by atoms with Crippen LogP contribution in [0.15, 0.2) is 46.3 Å². The van der Waals surface area contributed by atoms with Gasteiger partial charge in [0.15, 0.2) is 5.76 Å². The molecule has 3 fully saturated rings. The summed E-state index contributed by atoms with van der Waals surface area (Å²) >= 11 is 0. The first-order valence-corrected chi connectivity index (χ1v) is 13.8. The molecule has 5 aliphatic carbocycles. The average molecular weight is 494 g/mol. The standard InChI is InChI=1S/C31H43NO4/c1-19-20-7-8-23-29(4,21(20)17-22(34)25(19)35)12-14-31(6)24-18-28(3,26(36)32-15-16-33)10-9-27(24,2)11-13-30(23,31)5/h7-8,17,24,33,35H,9-16,18H2,1-6H3,(H,32,36)/t24?,27-,28-,29+,30-,31+/m1/s1. The van der Waals surface area contributed by atoms with Crippen LogP contribution in [0, 0.1) is 33.0 Å². The van der Waals surface area contributed by atoms with Gasteiger partial charge < -0.3 is 15.5 Å². The van der Waals surface area contributed by atoms with E-state index in [0.29, 0.717) is 18.0 Å². The Morgan fingerprint density at radius 3 is 2.42 bits per heavy atom. The van der Waals surface area contributed by atoms with Crippen molar-refractivity contribution >= 4 is 11.7 Å². The molecule has 3 N–H and O–H groups in total. The van der Waals surface area contributed by atoms with Crippen molar-refractivity contribution in [2.45, 2.75) is 86.5 Å². The van der Waals surface area contributed by atoms with Crippen LogP contribution < -0.4 is 5.32 Å². The lowest BCUT2D eigenvalue weighted by Crippen LogP contribution is -2.62. The number of fused-ring (bicyclic) bond motifs is 7. The highest BCUT2D eigenvalue weighted by Gasteiger charge is 2.67. The van der Waals surface area contributed by atoms with Gasteiger partial charge in [0.1, 0.15) is 0 Å². The van der Waals surface area contributed by atoms with Crippen molar-refractivity contribution in [3.05, 3.63) is 46.3 Å². The van der Waals surface area contributed by atoms with Crippen molar-refractivity contribution in [3.63, 3.8) is 0 Å². The van der Waals surface area contributed by atoms with Gasteiger partial charge in [-0.15, -0.1) is 0 Å². The Morgan fingerprint density at radius 1 is 1.03 bits per heavy atom. The number of allylic oxidation sites excluding steroid dienone is 7. The second-order valence-corrected chi connectivity index (χ2v) is 13.6. The summed E-state index contributed by atoms with van der Waals surface area (Å²) < 4.78 is 0. The van der Waals surface area contributed by atoms with Crippen molar-refractivity contribution in [3.8, 4) is 0 Å². The Morgan fingerprint density at radius 2 is 1.72 bits per heavy atom. The van der Waals surface area contributed by atoms with E-state index in [-0.39, 0.29) is 45.7 Å². The molecule has 0 aromatic rings. The lowest BCUT2D eigenvalue weighted by molar-refractivity contribution is -0.169. The highest BCUT2D eigenvalue weighted by atomic mass is 16.3. The zero-order chi connectivity index (χ0) is 26.3. The predicted octanol–water partition coefficient (Wildman–Crippen LogP) is 5.72. The van der Waals surface area contributed by atoms with Crippen molar-refractivity contribution in [2.75, 3.05) is 13.2 Å². The third-order valence-corrected chi connectivity index (χ3v) is 11.8. The summed E-state index contributed by atoms with van der Waals surface area (Å²) in [4.78, 5) is 25.9. The minimum absolute atomic E-state index is 0.0296. The van der Waals surface area contributed by atoms with Crippen molar-refractivity contribution in [2.24, 2.45) is 33.0 Å². The second-order valence-electron chi connectivity index (χ2n) is 13.6. The van der Waals surface area contributed by atoms with Gasteiger partial charge in [0.25, 0.3) is 0 Å². The van der Waals surface area contributed by atoms with Crippen molar-refractivity contribution in [1.29, 1.82) is 0 Å². The van der Waals surface area contributed by atoms with E-state index in [2.05, 4.69) is 52.1 Å². The largest absolute Gasteiger partial charge is 0.504 e. The fourth-order valence-corrected chi connectivity index (χ4v) is 9.05. The topological polar surface area (TPSA) is 86.6 Å². The first-order valence-electron chi connectivity index (χ1n) is 13.8. The minimum atomic E-state index is -0.423. The molecule has 1 unspecified atom stereocenters. The van der Waals surface area contributed by atoms with Crippen LogP contribution in [0.5, 0.6) is 0 Å². The van der Waals surface area contributed by atoms with Gasteiger partial charge in [-0.3, -0.25) is 9.59 Å². The Labute approximate surface area is 215 Å². The first-order chi connectivity index (χ1) is 16.8. The molecule has 5 aliphatic rings. The summed E-state index contributed by atoms with van der Waals surface area (Å²) in [5, 5.41) is 22.5. The van der Waals surface area contributed by atoms with Crippen LogP contribution in [0.2, 0.25) is 0 Å². The van der Waals surface area contributed by atoms with Gasteiger partial charge in [-0.1, -0.05) is 52.3 Å². The fraction of sp³-hybridized carbons (Fsp3) is 0.677. The fourth-order valence-electron chi connectivity index (χ4n) is 9.05. The van der Waals surface area contributed by atoms with Gasteiger partial charge in [0.2, 0.25) is 11.7 Å². The van der Waals surface area contributed by atoms with E-state index in [1.165, 1.54) is 5.57 Å². The van der Waals surface area contributed by atoms with Crippen LogP contribution in [-0.4, -0.2) is 35.1 Å². The molecule has 0 heterocycles. The number of carbonyl (C=O) groups is 2. The maximum absolute atomic E-state index is 13.2. The predicted molar refractivity (Wildman–Crippen MR) is 141 cm³/mol. The van der Waals surface area contributed by atoms with Crippen LogP contribution in [0.4, 0.5) is 0 Å². The van der Waals surface area contributed by atoms with Crippen molar-refractivity contribution < 1.29 is 19.8 Å². The molecule has 0 aromatic carbocycles. The molecule has 5 rings (SSSR count). The Balaban J connectivity index is 1.57. The SMILES string of the molecule is CC1=C(O)C(=O)C=C2C1=CC=C1[C@@]2(C)CC[C@@]2(C)C3C[C@](C)(C(=O)NCCO)CC[C@]3(C)CC[C@]12C. The van der Waals surface area contributed by atoms with Gasteiger partial charge in [-0.05, 0) is 91.3 Å². The smallest absolute Gasteiger partial charge is 0.226 e. The number of carbonyl (C=O) groups excluding carboxylic acids is 2. The minimum Gasteiger partial charge on any atom is -0.504 e. The lowest BCUT2D eigenvalue weighted by atomic mass is 9.34. The molecule has 0 saturated heterocycles. The van der Waals surface area contributed by atoms with Gasteiger partial charge >= 0.3 is 0 Å². The Hall–Kier alpha value is -2.14. The summed E-state index contributed by atoms with van der Waals surface area (Å²) in [6, 6.07) is 0. The monoisotopic (exact) mass is 493 g/mol. The molecule has 0 bridgehead atoms.